The number of allylic oxidation sites excluding steroid dienone is 1. The van der Waals surface area contributed by atoms with Gasteiger partial charge in [0.25, 0.3) is 0 Å². The summed E-state index contributed by atoms with van der Waals surface area (Å²) in [5.41, 5.74) is 1.67. The summed E-state index contributed by atoms with van der Waals surface area (Å²) in [5, 5.41) is 37.2. The molecule has 1 aromatic carbocycles. The number of carbonyl (C=O) groups excluding carboxylic acids is 2. The first-order chi connectivity index (χ1) is 32.0. The summed E-state index contributed by atoms with van der Waals surface area (Å²) in [7, 11) is 0. The molecule has 66 heavy (non-hydrogen) atoms. The van der Waals surface area contributed by atoms with Crippen LogP contribution in [-0.4, -0.2) is 121 Å². The molecule has 2 aliphatic carbocycles. The summed E-state index contributed by atoms with van der Waals surface area (Å²) >= 11 is 6.04. The minimum absolute atomic E-state index is 0.0107. The van der Waals surface area contributed by atoms with Crippen LogP contribution in [0.1, 0.15) is 148 Å². The molecule has 1 saturated carbocycles. The molecule has 2 amide bonds. The fourth-order valence-corrected chi connectivity index (χ4v) is 9.84. The van der Waals surface area contributed by atoms with Crippen LogP contribution in [0.4, 0.5) is 9.59 Å². The van der Waals surface area contributed by atoms with Crippen molar-refractivity contribution in [1.29, 1.82) is 0 Å². The number of alkyl halides is 1. The molecule has 1 aliphatic heterocycles. The number of rotatable bonds is 32. The van der Waals surface area contributed by atoms with E-state index in [-0.39, 0.29) is 82.8 Å². The molecule has 374 valence electrons. The van der Waals surface area contributed by atoms with Crippen molar-refractivity contribution in [1.82, 2.24) is 10.2 Å². The Morgan fingerprint density at radius 3 is 2.29 bits per heavy atom. The van der Waals surface area contributed by atoms with Crippen LogP contribution in [0, 0.1) is 17.8 Å². The molecule has 0 bridgehead atoms. The van der Waals surface area contributed by atoms with Gasteiger partial charge in [0.2, 0.25) is 5.79 Å². The molecule has 1 aromatic rings. The zero-order chi connectivity index (χ0) is 47.8. The number of hydrogen-bond acceptors (Lipinski definition) is 12. The molecule has 0 unspecified atom stereocenters. The minimum Gasteiger partial charge on any atom is -0.459 e. The molecular weight excluding hydrogens is 866 g/mol. The monoisotopic (exact) mass is 948 g/mol. The lowest BCUT2D eigenvalue weighted by atomic mass is 9.55. The first-order valence-corrected chi connectivity index (χ1v) is 25.4. The van der Waals surface area contributed by atoms with Crippen molar-refractivity contribution in [3.05, 3.63) is 48.1 Å². The van der Waals surface area contributed by atoms with E-state index in [0.29, 0.717) is 36.6 Å². The van der Waals surface area contributed by atoms with Gasteiger partial charge in [-0.25, -0.2) is 9.59 Å². The Bertz CT molecular complexity index is 1670. The Kier molecular flexibility index (Phi) is 24.7. The van der Waals surface area contributed by atoms with Crippen LogP contribution in [0.15, 0.2) is 47.7 Å². The molecule has 14 nitrogen and oxygen atoms in total. The van der Waals surface area contributed by atoms with E-state index in [1.54, 1.807) is 17.0 Å². The van der Waals surface area contributed by atoms with Gasteiger partial charge in [-0.15, -0.1) is 18.2 Å². The maximum Gasteiger partial charge on any atom is 0.412 e. The van der Waals surface area contributed by atoms with Gasteiger partial charge in [-0.3, -0.25) is 4.90 Å². The van der Waals surface area contributed by atoms with Gasteiger partial charge in [-0.05, 0) is 88.5 Å². The number of nitrogens with zero attached hydrogens (tertiary/aromatic N) is 2. The summed E-state index contributed by atoms with van der Waals surface area (Å²) < 4.78 is 31.7. The number of oxime groups is 1. The van der Waals surface area contributed by atoms with Gasteiger partial charge < -0.3 is 49.2 Å². The second-order valence-electron chi connectivity index (χ2n) is 18.8. The average Bonchev–Trinajstić information content (AvgIpc) is 3.29. The lowest BCUT2D eigenvalue weighted by Crippen LogP contribution is -2.70. The molecule has 0 aromatic heterocycles. The summed E-state index contributed by atoms with van der Waals surface area (Å²) in [5.74, 6) is -1.50. The highest BCUT2D eigenvalue weighted by molar-refractivity contribution is 6.18. The van der Waals surface area contributed by atoms with Gasteiger partial charge in [0.1, 0.15) is 29.7 Å². The Morgan fingerprint density at radius 2 is 1.64 bits per heavy atom. The molecule has 3 aliphatic rings. The maximum absolute atomic E-state index is 14.3. The molecule has 4 N–H and O–H groups in total. The number of halogens is 1. The Morgan fingerprint density at radius 1 is 0.939 bits per heavy atom. The normalized spacial score (nSPS) is 22.7. The quantitative estimate of drug-likeness (QED) is 0.0234. The highest BCUT2D eigenvalue weighted by Gasteiger charge is 2.65. The first-order valence-electron chi connectivity index (χ1n) is 24.9. The van der Waals surface area contributed by atoms with E-state index >= 15 is 0 Å². The predicted molar refractivity (Wildman–Crippen MR) is 258 cm³/mol. The van der Waals surface area contributed by atoms with Gasteiger partial charge >= 0.3 is 12.2 Å². The van der Waals surface area contributed by atoms with E-state index in [1.807, 2.05) is 32.9 Å². The van der Waals surface area contributed by atoms with E-state index in [1.165, 1.54) is 44.9 Å². The highest BCUT2D eigenvalue weighted by atomic mass is 35.5. The standard InChI is InChI=1S/C51H82ClN3O11/c1-6-8-9-10-11-12-13-14-15-18-26-53-48(59)64-39-23-24-44-42(36-39)46-40(22-17-20-29-57)38(21-16-19-28-56)35-41-43(54-66-50(3,4)5)37-45(51(65-44,47(41)46)63-31-7-2)55(27-33-61-34-30-58)49(60)62-32-25-52/h7,23-24,35-36,38,40,45-47,56-58H,2,6,8-22,25-34,37H2,1,3-5H3,(H,53,59)/t38-,40+,45-,46+,47+,51+/m0/s1. The van der Waals surface area contributed by atoms with Crippen molar-refractivity contribution in [2.24, 2.45) is 22.9 Å². The molecule has 0 saturated heterocycles. The van der Waals surface area contributed by atoms with Gasteiger partial charge in [0.05, 0.1) is 43.9 Å². The van der Waals surface area contributed by atoms with Gasteiger partial charge in [-0.1, -0.05) is 94.9 Å². The first kappa shape index (κ1) is 55.2. The minimum atomic E-state index is -1.53. The van der Waals surface area contributed by atoms with Crippen LogP contribution >= 0.6 is 11.6 Å². The second-order valence-corrected chi connectivity index (χ2v) is 19.2. The summed E-state index contributed by atoms with van der Waals surface area (Å²) in [6.07, 6.45) is 19.2. The molecule has 0 radical (unpaired) electrons. The molecule has 6 atom stereocenters. The van der Waals surface area contributed by atoms with Crippen molar-refractivity contribution in [2.45, 2.75) is 160 Å². The Labute approximate surface area is 399 Å². The summed E-state index contributed by atoms with van der Waals surface area (Å²) in [6.45, 7) is 12.7. The number of ether oxygens (including phenoxy) is 5. The number of carbonyl (C=O) groups is 2. The summed E-state index contributed by atoms with van der Waals surface area (Å²) in [4.78, 5) is 35.3. The average molecular weight is 949 g/mol. The SMILES string of the molecule is C=CCO[C@@]12Oc3ccc(OC(=O)NCCCCCCCCCCCC)cc3[C@H]3[C@H](CCCCO)[C@@H](CCCCO)C=C(C(=NOC(C)(C)C)C[C@@H]1N(CCOCCO)C(=O)OCCCl)[C@H]32. The molecule has 1 fully saturated rings. The topological polar surface area (TPSA) is 178 Å². The Balaban J connectivity index is 1.81. The number of aliphatic hydroxyl groups is 3. The number of unbranched alkanes of at least 4 members (excludes halogenated alkanes) is 11. The van der Waals surface area contributed by atoms with Gasteiger partial charge in [0, 0.05) is 44.2 Å². The third-order valence-corrected chi connectivity index (χ3v) is 12.9. The van der Waals surface area contributed by atoms with E-state index < -0.39 is 35.5 Å². The number of benzene rings is 1. The van der Waals surface area contributed by atoms with Crippen LogP contribution in [0.25, 0.3) is 0 Å². The highest BCUT2D eigenvalue weighted by Crippen LogP contribution is 2.62. The largest absolute Gasteiger partial charge is 0.459 e. The van der Waals surface area contributed by atoms with Crippen LogP contribution in [0.3, 0.4) is 0 Å². The number of fused-ring (bicyclic) bond motifs is 2. The zero-order valence-electron chi connectivity index (χ0n) is 40.5. The summed E-state index contributed by atoms with van der Waals surface area (Å²) in [6, 6.07) is 4.57. The number of hydrogen-bond donors (Lipinski definition) is 4. The van der Waals surface area contributed by atoms with Crippen molar-refractivity contribution in [2.75, 3.05) is 65.2 Å². The van der Waals surface area contributed by atoms with Crippen LogP contribution in [0.2, 0.25) is 0 Å². The van der Waals surface area contributed by atoms with E-state index in [9.17, 15) is 24.9 Å². The van der Waals surface area contributed by atoms with Crippen molar-refractivity contribution < 1.29 is 53.4 Å². The third-order valence-electron chi connectivity index (χ3n) is 12.7. The second kappa shape index (κ2) is 29.5. The maximum atomic E-state index is 14.3. The lowest BCUT2D eigenvalue weighted by molar-refractivity contribution is -0.256. The zero-order valence-corrected chi connectivity index (χ0v) is 41.2. The van der Waals surface area contributed by atoms with E-state index in [4.69, 9.17) is 45.3 Å². The van der Waals surface area contributed by atoms with Gasteiger partial charge in [0.15, 0.2) is 0 Å². The number of amides is 2. The smallest absolute Gasteiger partial charge is 0.412 e. The molecule has 4 rings (SSSR count). The predicted octanol–water partition coefficient (Wildman–Crippen LogP) is 9.81. The van der Waals surface area contributed by atoms with E-state index in [2.05, 4.69) is 24.9 Å². The van der Waals surface area contributed by atoms with Crippen LogP contribution in [0.5, 0.6) is 11.5 Å². The third kappa shape index (κ3) is 16.4. The van der Waals surface area contributed by atoms with Crippen molar-refractivity contribution in [3.63, 3.8) is 0 Å². The fraction of sp³-hybridized carbons (Fsp3) is 0.745. The fourth-order valence-electron chi connectivity index (χ4n) is 9.76. The van der Waals surface area contributed by atoms with Crippen molar-refractivity contribution >= 4 is 29.5 Å². The van der Waals surface area contributed by atoms with Gasteiger partial charge in [-0.2, -0.15) is 0 Å². The van der Waals surface area contributed by atoms with E-state index in [0.717, 1.165) is 56.1 Å². The Hall–Kier alpha value is -3.40. The lowest BCUT2D eigenvalue weighted by Gasteiger charge is -2.59. The molecule has 0 spiro atoms. The number of aliphatic hydroxyl groups excluding tert-OH is 3. The number of nitrogens with one attached hydrogen (secondary N) is 1. The molecular formula is C51H82ClN3O11. The van der Waals surface area contributed by atoms with Crippen LogP contribution in [-0.2, 0) is 19.0 Å². The molecule has 15 heteroatoms. The molecule has 1 heterocycles. The van der Waals surface area contributed by atoms with Crippen molar-refractivity contribution in [3.8, 4) is 11.5 Å². The van der Waals surface area contributed by atoms with Crippen LogP contribution < -0.4 is 14.8 Å².